The normalized spacial score (nSPS) is 23.9. The molecule has 2 aliphatic rings. The second kappa shape index (κ2) is 6.51. The number of fused-ring (bicyclic) bond motifs is 1. The summed E-state index contributed by atoms with van der Waals surface area (Å²) in [6, 6.07) is 3.65. The Morgan fingerprint density at radius 3 is 2.90 bits per heavy atom. The van der Waals surface area contributed by atoms with Crippen molar-refractivity contribution in [2.24, 2.45) is 0 Å². The largest absolute Gasteiger partial charge is 0.495 e. The molecular weight excluding hydrogens is 291 g/mol. The molecule has 3 rings (SSSR count). The maximum absolute atomic E-state index is 14.1. The van der Waals surface area contributed by atoms with Gasteiger partial charge >= 0.3 is 0 Å². The van der Waals surface area contributed by atoms with E-state index < -0.39 is 0 Å². The monoisotopic (exact) mass is 312 g/mol. The zero-order chi connectivity index (χ0) is 14.8. The van der Waals surface area contributed by atoms with Gasteiger partial charge in [-0.05, 0) is 51.0 Å². The standard InChI is InChI=1S/C16H22ClFN2O/c1-21-15-6-5-14(18)13(16(15)17)11-19-7-3-9-20-8-2-4-12(20)10-19/h5-6,12H,2-4,7-11H2,1H3/t12-/m0/s1. The topological polar surface area (TPSA) is 15.7 Å². The lowest BCUT2D eigenvalue weighted by atomic mass is 10.1. The maximum Gasteiger partial charge on any atom is 0.137 e. The van der Waals surface area contributed by atoms with E-state index in [1.807, 2.05) is 0 Å². The molecule has 2 fully saturated rings. The Hall–Kier alpha value is -0.840. The molecule has 0 N–H and O–H groups in total. The van der Waals surface area contributed by atoms with Crippen molar-refractivity contribution in [3.05, 3.63) is 28.5 Å². The van der Waals surface area contributed by atoms with Gasteiger partial charge in [-0.2, -0.15) is 0 Å². The van der Waals surface area contributed by atoms with Crippen LogP contribution in [0.2, 0.25) is 5.02 Å². The zero-order valence-corrected chi connectivity index (χ0v) is 13.2. The van der Waals surface area contributed by atoms with E-state index in [2.05, 4.69) is 9.80 Å². The summed E-state index contributed by atoms with van der Waals surface area (Å²) in [6.07, 6.45) is 3.68. The van der Waals surface area contributed by atoms with Gasteiger partial charge in [0.1, 0.15) is 11.6 Å². The maximum atomic E-state index is 14.1. The summed E-state index contributed by atoms with van der Waals surface area (Å²) in [5.41, 5.74) is 0.558. The second-order valence-electron chi connectivity index (χ2n) is 5.96. The van der Waals surface area contributed by atoms with E-state index in [0.29, 0.717) is 28.9 Å². The van der Waals surface area contributed by atoms with Crippen LogP contribution >= 0.6 is 11.6 Å². The molecule has 0 amide bonds. The van der Waals surface area contributed by atoms with E-state index >= 15 is 0 Å². The van der Waals surface area contributed by atoms with Crippen LogP contribution in [-0.4, -0.2) is 49.1 Å². The number of ether oxygens (including phenoxy) is 1. The van der Waals surface area contributed by atoms with Crippen molar-refractivity contribution < 1.29 is 9.13 Å². The molecule has 0 unspecified atom stereocenters. The Balaban J connectivity index is 1.76. The van der Waals surface area contributed by atoms with Gasteiger partial charge in [0.25, 0.3) is 0 Å². The molecule has 1 atom stereocenters. The molecule has 0 bridgehead atoms. The third-order valence-electron chi connectivity index (χ3n) is 4.64. The molecule has 1 aromatic rings. The van der Waals surface area contributed by atoms with Crippen LogP contribution in [0.25, 0.3) is 0 Å². The summed E-state index contributed by atoms with van der Waals surface area (Å²) >= 11 is 6.28. The smallest absolute Gasteiger partial charge is 0.137 e. The van der Waals surface area contributed by atoms with Crippen LogP contribution < -0.4 is 4.74 Å². The third kappa shape index (κ3) is 3.17. The predicted molar refractivity (Wildman–Crippen MR) is 82.5 cm³/mol. The number of hydrogen-bond acceptors (Lipinski definition) is 3. The van der Waals surface area contributed by atoms with E-state index in [1.54, 1.807) is 13.2 Å². The SMILES string of the molecule is COc1ccc(F)c(CN2CCCN3CCC[C@H]3C2)c1Cl. The molecule has 1 aromatic carbocycles. The Labute approximate surface area is 130 Å². The Morgan fingerprint density at radius 2 is 2.10 bits per heavy atom. The van der Waals surface area contributed by atoms with Gasteiger partial charge in [0.15, 0.2) is 0 Å². The van der Waals surface area contributed by atoms with Crippen molar-refractivity contribution in [2.75, 3.05) is 33.3 Å². The molecule has 116 valence electrons. The number of hydrogen-bond donors (Lipinski definition) is 0. The van der Waals surface area contributed by atoms with E-state index in [9.17, 15) is 4.39 Å². The highest BCUT2D eigenvalue weighted by atomic mass is 35.5. The van der Waals surface area contributed by atoms with Crippen LogP contribution in [0.3, 0.4) is 0 Å². The van der Waals surface area contributed by atoms with Crippen molar-refractivity contribution >= 4 is 11.6 Å². The molecule has 5 heteroatoms. The fraction of sp³-hybridized carbons (Fsp3) is 0.625. The van der Waals surface area contributed by atoms with Crippen LogP contribution in [-0.2, 0) is 6.54 Å². The van der Waals surface area contributed by atoms with Gasteiger partial charge in [0, 0.05) is 24.7 Å². The molecule has 2 heterocycles. The average molecular weight is 313 g/mol. The van der Waals surface area contributed by atoms with Crippen molar-refractivity contribution in [3.63, 3.8) is 0 Å². The van der Waals surface area contributed by atoms with E-state index in [1.165, 1.54) is 25.5 Å². The van der Waals surface area contributed by atoms with Crippen molar-refractivity contribution in [2.45, 2.75) is 31.8 Å². The van der Waals surface area contributed by atoms with E-state index in [-0.39, 0.29) is 5.82 Å². The summed E-state index contributed by atoms with van der Waals surface area (Å²) in [4.78, 5) is 4.91. The first kappa shape index (κ1) is 15.1. The predicted octanol–water partition coefficient (Wildman–Crippen LogP) is 3.16. The Morgan fingerprint density at radius 1 is 1.29 bits per heavy atom. The Bertz CT molecular complexity index is 511. The van der Waals surface area contributed by atoms with Gasteiger partial charge in [0.05, 0.1) is 12.1 Å². The van der Waals surface area contributed by atoms with Gasteiger partial charge in [-0.3, -0.25) is 9.80 Å². The number of benzene rings is 1. The quantitative estimate of drug-likeness (QED) is 0.852. The highest BCUT2D eigenvalue weighted by Gasteiger charge is 2.29. The number of methoxy groups -OCH3 is 1. The van der Waals surface area contributed by atoms with Crippen LogP contribution in [0.5, 0.6) is 5.75 Å². The molecule has 2 saturated heterocycles. The van der Waals surface area contributed by atoms with Gasteiger partial charge < -0.3 is 4.74 Å². The molecule has 0 aromatic heterocycles. The fourth-order valence-electron chi connectivity index (χ4n) is 3.53. The minimum Gasteiger partial charge on any atom is -0.495 e. The van der Waals surface area contributed by atoms with Gasteiger partial charge in [0.2, 0.25) is 0 Å². The fourth-order valence-corrected chi connectivity index (χ4v) is 3.82. The van der Waals surface area contributed by atoms with Crippen molar-refractivity contribution in [3.8, 4) is 5.75 Å². The van der Waals surface area contributed by atoms with Crippen LogP contribution in [0.4, 0.5) is 4.39 Å². The molecule has 0 aliphatic carbocycles. The molecule has 3 nitrogen and oxygen atoms in total. The summed E-state index contributed by atoms with van der Waals surface area (Å²) in [5.74, 6) is 0.304. The van der Waals surface area contributed by atoms with Gasteiger partial charge in [-0.15, -0.1) is 0 Å². The second-order valence-corrected chi connectivity index (χ2v) is 6.34. The molecular formula is C16H22ClFN2O. The first-order valence-corrected chi connectivity index (χ1v) is 8.04. The van der Waals surface area contributed by atoms with Gasteiger partial charge in [-0.25, -0.2) is 4.39 Å². The highest BCUT2D eigenvalue weighted by molar-refractivity contribution is 6.32. The summed E-state index contributed by atoms with van der Waals surface area (Å²) in [7, 11) is 1.56. The van der Waals surface area contributed by atoms with Crippen molar-refractivity contribution in [1.82, 2.24) is 9.80 Å². The highest BCUT2D eigenvalue weighted by Crippen LogP contribution is 2.31. The Kier molecular flexibility index (Phi) is 4.67. The molecule has 0 spiro atoms. The first-order valence-electron chi connectivity index (χ1n) is 7.66. The number of nitrogens with zero attached hydrogens (tertiary/aromatic N) is 2. The molecule has 0 saturated carbocycles. The number of rotatable bonds is 3. The van der Waals surface area contributed by atoms with Gasteiger partial charge in [-0.1, -0.05) is 11.6 Å². The van der Waals surface area contributed by atoms with Crippen LogP contribution in [0, 0.1) is 5.82 Å². The lowest BCUT2D eigenvalue weighted by molar-refractivity contribution is 0.214. The minimum atomic E-state index is -0.242. The lowest BCUT2D eigenvalue weighted by Gasteiger charge is -2.26. The van der Waals surface area contributed by atoms with E-state index in [4.69, 9.17) is 16.3 Å². The van der Waals surface area contributed by atoms with Crippen LogP contribution in [0.1, 0.15) is 24.8 Å². The molecule has 21 heavy (non-hydrogen) atoms. The average Bonchev–Trinajstić information content (AvgIpc) is 2.82. The van der Waals surface area contributed by atoms with Crippen molar-refractivity contribution in [1.29, 1.82) is 0 Å². The summed E-state index contributed by atoms with van der Waals surface area (Å²) in [5, 5.41) is 0.407. The van der Waals surface area contributed by atoms with Crippen LogP contribution in [0.15, 0.2) is 12.1 Å². The summed E-state index contributed by atoms with van der Waals surface area (Å²) in [6.45, 7) is 4.95. The first-order chi connectivity index (χ1) is 10.2. The molecule has 0 radical (unpaired) electrons. The molecule has 2 aliphatic heterocycles. The summed E-state index contributed by atoms with van der Waals surface area (Å²) < 4.78 is 19.3. The van der Waals surface area contributed by atoms with E-state index in [0.717, 1.165) is 26.1 Å². The lowest BCUT2D eigenvalue weighted by Crippen LogP contribution is -2.36. The third-order valence-corrected chi connectivity index (χ3v) is 5.05. The zero-order valence-electron chi connectivity index (χ0n) is 12.4. The minimum absolute atomic E-state index is 0.242. The number of halogens is 2.